The van der Waals surface area contributed by atoms with Crippen molar-refractivity contribution in [2.45, 2.75) is 46.8 Å². The lowest BCUT2D eigenvalue weighted by Crippen LogP contribution is -2.37. The van der Waals surface area contributed by atoms with Crippen LogP contribution in [0.2, 0.25) is 0 Å². The van der Waals surface area contributed by atoms with E-state index < -0.39 is 0 Å². The number of aryl methyl sites for hydroxylation is 1. The second-order valence-corrected chi connectivity index (χ2v) is 6.13. The molecule has 1 N–H and O–H groups in total. The van der Waals surface area contributed by atoms with Gasteiger partial charge in [0.2, 0.25) is 5.88 Å². The van der Waals surface area contributed by atoms with Crippen molar-refractivity contribution in [2.24, 2.45) is 5.92 Å². The van der Waals surface area contributed by atoms with Gasteiger partial charge in [0.1, 0.15) is 6.61 Å². The van der Waals surface area contributed by atoms with Crippen molar-refractivity contribution in [3.05, 3.63) is 53.5 Å². The summed E-state index contributed by atoms with van der Waals surface area (Å²) in [5, 5.41) is 3.04. The van der Waals surface area contributed by atoms with E-state index in [9.17, 15) is 4.79 Å². The summed E-state index contributed by atoms with van der Waals surface area (Å²) in [6, 6.07) is 5.71. The Morgan fingerprint density at radius 3 is 2.62 bits per heavy atom. The summed E-state index contributed by atoms with van der Waals surface area (Å²) >= 11 is 0. The Kier molecular flexibility index (Phi) is 6.29. The third-order valence-corrected chi connectivity index (χ3v) is 4.32. The molecule has 24 heavy (non-hydrogen) atoms. The van der Waals surface area contributed by atoms with Crippen LogP contribution < -0.4 is 10.1 Å². The lowest BCUT2D eigenvalue weighted by molar-refractivity contribution is 0.0927. The number of ether oxygens (including phenoxy) is 1. The van der Waals surface area contributed by atoms with E-state index >= 15 is 0 Å². The first-order chi connectivity index (χ1) is 11.5. The molecule has 0 aliphatic carbocycles. The molecule has 1 unspecified atom stereocenters. The maximum atomic E-state index is 12.4. The van der Waals surface area contributed by atoms with Crippen LogP contribution in [-0.2, 0) is 6.61 Å². The van der Waals surface area contributed by atoms with Crippen LogP contribution in [0.25, 0.3) is 0 Å². The van der Waals surface area contributed by atoms with E-state index in [1.54, 1.807) is 24.7 Å². The maximum absolute atomic E-state index is 12.4. The van der Waals surface area contributed by atoms with Crippen LogP contribution in [0.4, 0.5) is 0 Å². The van der Waals surface area contributed by atoms with E-state index in [-0.39, 0.29) is 11.9 Å². The van der Waals surface area contributed by atoms with Crippen LogP contribution in [0.5, 0.6) is 5.88 Å². The predicted molar refractivity (Wildman–Crippen MR) is 93.9 cm³/mol. The largest absolute Gasteiger partial charge is 0.473 e. The first kappa shape index (κ1) is 17.9. The third kappa shape index (κ3) is 4.78. The normalized spacial score (nSPS) is 13.2. The fourth-order valence-electron chi connectivity index (χ4n) is 2.26. The van der Waals surface area contributed by atoms with Gasteiger partial charge in [-0.3, -0.25) is 9.78 Å². The standard InChI is InChI=1S/C19H25N3O2/c1-5-13(2)15(4)22-19(23)17-11-21-18(10-14(17)3)24-12-16-6-8-20-9-7-16/h6-11,13,15H,5,12H2,1-4H3,(H,22,23)/t13?,15-/m1/s1. The molecule has 2 aromatic heterocycles. The molecule has 2 aromatic rings. The minimum absolute atomic E-state index is 0.0894. The Bertz CT molecular complexity index is 674. The van der Waals surface area contributed by atoms with Crippen LogP contribution in [0.15, 0.2) is 36.8 Å². The fourth-order valence-corrected chi connectivity index (χ4v) is 2.26. The lowest BCUT2D eigenvalue weighted by atomic mass is 10.0. The van der Waals surface area contributed by atoms with Gasteiger partial charge in [-0.1, -0.05) is 20.3 Å². The zero-order chi connectivity index (χ0) is 17.5. The molecule has 0 aliphatic heterocycles. The summed E-state index contributed by atoms with van der Waals surface area (Å²) in [5.74, 6) is 0.856. The minimum atomic E-state index is -0.0894. The molecule has 5 heteroatoms. The monoisotopic (exact) mass is 327 g/mol. The molecule has 2 atom stereocenters. The first-order valence-electron chi connectivity index (χ1n) is 8.30. The topological polar surface area (TPSA) is 64.1 Å². The Hall–Kier alpha value is -2.43. The number of nitrogens with zero attached hydrogens (tertiary/aromatic N) is 2. The molecular formula is C19H25N3O2. The van der Waals surface area contributed by atoms with Crippen molar-refractivity contribution in [3.63, 3.8) is 0 Å². The van der Waals surface area contributed by atoms with Gasteiger partial charge in [0.25, 0.3) is 5.91 Å². The van der Waals surface area contributed by atoms with Gasteiger partial charge in [-0.25, -0.2) is 4.98 Å². The van der Waals surface area contributed by atoms with Crippen LogP contribution in [-0.4, -0.2) is 21.9 Å². The van der Waals surface area contributed by atoms with E-state index in [1.807, 2.05) is 26.0 Å². The number of amides is 1. The second-order valence-electron chi connectivity index (χ2n) is 6.13. The number of aromatic nitrogens is 2. The van der Waals surface area contributed by atoms with Crippen molar-refractivity contribution in [3.8, 4) is 5.88 Å². The molecule has 2 heterocycles. The highest BCUT2D eigenvalue weighted by molar-refractivity contribution is 5.95. The molecule has 0 spiro atoms. The molecule has 5 nitrogen and oxygen atoms in total. The van der Waals surface area contributed by atoms with E-state index in [2.05, 4.69) is 29.1 Å². The Morgan fingerprint density at radius 2 is 2.00 bits per heavy atom. The van der Waals surface area contributed by atoms with E-state index in [0.29, 0.717) is 24.0 Å². The first-order valence-corrected chi connectivity index (χ1v) is 8.30. The molecule has 128 valence electrons. The highest BCUT2D eigenvalue weighted by Crippen LogP contribution is 2.16. The average Bonchev–Trinajstić information content (AvgIpc) is 2.60. The van der Waals surface area contributed by atoms with Gasteiger partial charge in [-0.05, 0) is 43.0 Å². The summed E-state index contributed by atoms with van der Waals surface area (Å²) in [7, 11) is 0. The Balaban J connectivity index is 2.00. The van der Waals surface area contributed by atoms with Crippen LogP contribution in [0, 0.1) is 12.8 Å². The van der Waals surface area contributed by atoms with Gasteiger partial charge in [-0.2, -0.15) is 0 Å². The van der Waals surface area contributed by atoms with Gasteiger partial charge in [-0.15, -0.1) is 0 Å². The maximum Gasteiger partial charge on any atom is 0.253 e. The number of rotatable bonds is 7. The van der Waals surface area contributed by atoms with Crippen molar-refractivity contribution in [1.29, 1.82) is 0 Å². The molecule has 0 aliphatic rings. The summed E-state index contributed by atoms with van der Waals surface area (Å²) < 4.78 is 5.67. The minimum Gasteiger partial charge on any atom is -0.473 e. The number of hydrogen-bond acceptors (Lipinski definition) is 4. The molecular weight excluding hydrogens is 302 g/mol. The molecule has 0 bridgehead atoms. The van der Waals surface area contributed by atoms with Gasteiger partial charge in [0.05, 0.1) is 5.56 Å². The highest BCUT2D eigenvalue weighted by Gasteiger charge is 2.16. The smallest absolute Gasteiger partial charge is 0.253 e. The predicted octanol–water partition coefficient (Wildman–Crippen LogP) is 3.53. The van der Waals surface area contributed by atoms with Gasteiger partial charge >= 0.3 is 0 Å². The fraction of sp³-hybridized carbons (Fsp3) is 0.421. The lowest BCUT2D eigenvalue weighted by Gasteiger charge is -2.20. The zero-order valence-electron chi connectivity index (χ0n) is 14.7. The molecule has 1 amide bonds. The quantitative estimate of drug-likeness (QED) is 0.845. The van der Waals surface area contributed by atoms with Gasteiger partial charge in [0, 0.05) is 30.7 Å². The third-order valence-electron chi connectivity index (χ3n) is 4.32. The van der Waals surface area contributed by atoms with Crippen molar-refractivity contribution in [2.75, 3.05) is 0 Å². The van der Waals surface area contributed by atoms with Crippen molar-refractivity contribution >= 4 is 5.91 Å². The molecule has 0 saturated carbocycles. The number of carbonyl (C=O) groups is 1. The Labute approximate surface area is 143 Å². The number of pyridine rings is 2. The summed E-state index contributed by atoms with van der Waals surface area (Å²) in [6.07, 6.45) is 6.06. The molecule has 0 fully saturated rings. The molecule has 0 saturated heterocycles. The van der Waals surface area contributed by atoms with Crippen molar-refractivity contribution in [1.82, 2.24) is 15.3 Å². The molecule has 0 aromatic carbocycles. The van der Waals surface area contributed by atoms with Crippen LogP contribution >= 0.6 is 0 Å². The van der Waals surface area contributed by atoms with Crippen LogP contribution in [0.3, 0.4) is 0 Å². The molecule has 0 radical (unpaired) electrons. The van der Waals surface area contributed by atoms with Gasteiger partial charge < -0.3 is 10.1 Å². The summed E-state index contributed by atoms with van der Waals surface area (Å²) in [6.45, 7) is 8.59. The summed E-state index contributed by atoms with van der Waals surface area (Å²) in [5.41, 5.74) is 2.46. The SMILES string of the molecule is CCC(C)[C@@H](C)NC(=O)c1cnc(OCc2ccncc2)cc1C. The van der Waals surface area contributed by atoms with Crippen LogP contribution in [0.1, 0.15) is 48.7 Å². The van der Waals surface area contributed by atoms with E-state index in [4.69, 9.17) is 4.74 Å². The molecule has 2 rings (SSSR count). The number of carbonyl (C=O) groups excluding carboxylic acids is 1. The Morgan fingerprint density at radius 1 is 1.29 bits per heavy atom. The van der Waals surface area contributed by atoms with Gasteiger partial charge in [0.15, 0.2) is 0 Å². The average molecular weight is 327 g/mol. The van der Waals surface area contributed by atoms with E-state index in [1.165, 1.54) is 0 Å². The number of hydrogen-bond donors (Lipinski definition) is 1. The van der Waals surface area contributed by atoms with E-state index in [0.717, 1.165) is 17.5 Å². The highest BCUT2D eigenvalue weighted by atomic mass is 16.5. The number of nitrogens with one attached hydrogen (secondary N) is 1. The summed E-state index contributed by atoms with van der Waals surface area (Å²) in [4.78, 5) is 20.6. The second kappa shape index (κ2) is 8.43. The zero-order valence-corrected chi connectivity index (χ0v) is 14.7. The van der Waals surface area contributed by atoms with Crippen molar-refractivity contribution < 1.29 is 9.53 Å².